The van der Waals surface area contributed by atoms with Gasteiger partial charge in [0.25, 0.3) is 5.91 Å². The molecule has 0 spiro atoms. The predicted octanol–water partition coefficient (Wildman–Crippen LogP) is 1.58. The summed E-state index contributed by atoms with van der Waals surface area (Å²) in [6.45, 7) is 1.78. The number of carbonyl (C=O) groups is 1. The van der Waals surface area contributed by atoms with Crippen LogP contribution in [0.3, 0.4) is 0 Å². The molecule has 2 heterocycles. The van der Waals surface area contributed by atoms with Gasteiger partial charge in [-0.25, -0.2) is 13.4 Å². The average Bonchev–Trinajstić information content (AvgIpc) is 3.40. The molecule has 3 rings (SSSR count). The largest absolute Gasteiger partial charge is 0.392 e. The molecule has 2 aromatic rings. The highest BCUT2D eigenvalue weighted by Gasteiger charge is 2.31. The van der Waals surface area contributed by atoms with Crippen LogP contribution in [-0.4, -0.2) is 61.3 Å². The van der Waals surface area contributed by atoms with Crippen molar-refractivity contribution >= 4 is 37.9 Å². The second-order valence-electron chi connectivity index (χ2n) is 6.52. The standard InChI is InChI=1S/C18H20FN3O6S2/c1-11(9-23)28-22-16(17(24)21-18-20-8-15(19)29-18)12-2-4-13(5-3-12)30(25,26)14-6-7-27-10-14/h2-5,8,11,14,23H,6-7,9-10H2,1H3,(H,20,21,24)/b22-16+/t11-,14+/m1/s1. The minimum Gasteiger partial charge on any atom is -0.392 e. The quantitative estimate of drug-likeness (QED) is 0.455. The van der Waals surface area contributed by atoms with Crippen LogP contribution in [-0.2, 0) is 24.2 Å². The molecular weight excluding hydrogens is 437 g/mol. The Bertz CT molecular complexity index is 1020. The number of oxime groups is 1. The molecule has 1 aromatic carbocycles. The van der Waals surface area contributed by atoms with E-state index in [4.69, 9.17) is 14.7 Å². The number of hydrogen-bond acceptors (Lipinski definition) is 9. The van der Waals surface area contributed by atoms with Gasteiger partial charge in [0.15, 0.2) is 25.8 Å². The third-order valence-corrected chi connectivity index (χ3v) is 7.16. The van der Waals surface area contributed by atoms with Gasteiger partial charge in [-0.2, -0.15) is 4.39 Å². The second-order valence-corrected chi connectivity index (χ2v) is 9.73. The average molecular weight is 458 g/mol. The molecule has 2 atom stereocenters. The zero-order valence-corrected chi connectivity index (χ0v) is 17.6. The van der Waals surface area contributed by atoms with E-state index >= 15 is 0 Å². The van der Waals surface area contributed by atoms with E-state index in [-0.39, 0.29) is 34.5 Å². The van der Waals surface area contributed by atoms with E-state index < -0.39 is 32.2 Å². The molecule has 1 aliphatic heterocycles. The highest BCUT2D eigenvalue weighted by Crippen LogP contribution is 2.23. The highest BCUT2D eigenvalue weighted by molar-refractivity contribution is 7.92. The van der Waals surface area contributed by atoms with Crippen molar-refractivity contribution in [2.75, 3.05) is 25.1 Å². The van der Waals surface area contributed by atoms with Crippen LogP contribution in [0.4, 0.5) is 9.52 Å². The topological polar surface area (TPSA) is 127 Å². The minimum absolute atomic E-state index is 0.0286. The van der Waals surface area contributed by atoms with Crippen LogP contribution in [0, 0.1) is 5.13 Å². The number of rotatable bonds is 8. The maximum Gasteiger partial charge on any atom is 0.280 e. The molecule has 12 heteroatoms. The van der Waals surface area contributed by atoms with E-state index in [1.807, 2.05) is 0 Å². The molecule has 1 aliphatic rings. The Morgan fingerprint density at radius 3 is 2.77 bits per heavy atom. The van der Waals surface area contributed by atoms with Crippen molar-refractivity contribution in [1.82, 2.24) is 4.98 Å². The number of aromatic nitrogens is 1. The molecule has 1 amide bonds. The molecule has 0 saturated carbocycles. The van der Waals surface area contributed by atoms with E-state index in [0.29, 0.717) is 24.4 Å². The molecule has 9 nitrogen and oxygen atoms in total. The van der Waals surface area contributed by atoms with Gasteiger partial charge < -0.3 is 14.7 Å². The van der Waals surface area contributed by atoms with E-state index in [0.717, 1.165) is 6.20 Å². The fourth-order valence-corrected chi connectivity index (χ4v) is 4.74. The Labute approximate surface area is 176 Å². The number of sulfone groups is 1. The lowest BCUT2D eigenvalue weighted by molar-refractivity contribution is -0.110. The number of halogens is 1. The summed E-state index contributed by atoms with van der Waals surface area (Å²) in [7, 11) is -3.56. The number of aliphatic hydroxyl groups is 1. The lowest BCUT2D eigenvalue weighted by Crippen LogP contribution is -2.25. The van der Waals surface area contributed by atoms with Crippen molar-refractivity contribution in [2.24, 2.45) is 5.16 Å². The number of amides is 1. The van der Waals surface area contributed by atoms with Crippen molar-refractivity contribution < 1.29 is 32.3 Å². The van der Waals surface area contributed by atoms with Crippen LogP contribution in [0.15, 0.2) is 40.5 Å². The van der Waals surface area contributed by atoms with Gasteiger partial charge in [0.05, 0.1) is 29.6 Å². The Balaban J connectivity index is 1.86. The molecule has 1 saturated heterocycles. The molecule has 1 fully saturated rings. The van der Waals surface area contributed by atoms with Crippen LogP contribution >= 0.6 is 11.3 Å². The maximum absolute atomic E-state index is 13.1. The lowest BCUT2D eigenvalue weighted by Gasteiger charge is -2.12. The van der Waals surface area contributed by atoms with E-state index in [9.17, 15) is 17.6 Å². The summed E-state index contributed by atoms with van der Waals surface area (Å²) in [6, 6.07) is 5.61. The summed E-state index contributed by atoms with van der Waals surface area (Å²) < 4.78 is 43.6. The Morgan fingerprint density at radius 1 is 1.47 bits per heavy atom. The lowest BCUT2D eigenvalue weighted by atomic mass is 10.1. The van der Waals surface area contributed by atoms with Gasteiger partial charge in [-0.1, -0.05) is 28.6 Å². The fraction of sp³-hybridized carbons (Fsp3) is 0.389. The third-order valence-electron chi connectivity index (χ3n) is 4.28. The molecule has 0 radical (unpaired) electrons. The second kappa shape index (κ2) is 9.60. The van der Waals surface area contributed by atoms with Crippen LogP contribution in [0.25, 0.3) is 0 Å². The van der Waals surface area contributed by atoms with Gasteiger partial charge in [0.1, 0.15) is 6.10 Å². The van der Waals surface area contributed by atoms with E-state index in [2.05, 4.69) is 15.5 Å². The Hall–Kier alpha value is -2.41. The summed E-state index contributed by atoms with van der Waals surface area (Å²) in [6.07, 6.45) is 0.719. The van der Waals surface area contributed by atoms with E-state index in [1.54, 1.807) is 6.92 Å². The first-order valence-corrected chi connectivity index (χ1v) is 11.4. The summed E-state index contributed by atoms with van der Waals surface area (Å²) in [5.74, 6) is -0.728. The Morgan fingerprint density at radius 2 is 2.20 bits per heavy atom. The summed E-state index contributed by atoms with van der Waals surface area (Å²) >= 11 is 0.641. The summed E-state index contributed by atoms with van der Waals surface area (Å²) in [4.78, 5) is 21.6. The summed E-state index contributed by atoms with van der Waals surface area (Å²) in [5.41, 5.74) is 0.0929. The molecule has 1 aromatic heterocycles. The molecule has 0 bridgehead atoms. The number of aliphatic hydroxyl groups excluding tert-OH is 1. The van der Waals surface area contributed by atoms with Gasteiger partial charge in [0.2, 0.25) is 0 Å². The highest BCUT2D eigenvalue weighted by atomic mass is 32.2. The molecule has 0 aliphatic carbocycles. The molecule has 162 valence electrons. The first-order chi connectivity index (χ1) is 14.3. The monoisotopic (exact) mass is 457 g/mol. The first-order valence-electron chi connectivity index (χ1n) is 9.00. The maximum atomic E-state index is 13.1. The summed E-state index contributed by atoms with van der Waals surface area (Å²) in [5, 5.41) is 14.2. The normalized spacial score (nSPS) is 18.2. The van der Waals surface area contributed by atoms with Crippen molar-refractivity contribution in [2.45, 2.75) is 29.6 Å². The number of hydrogen-bond donors (Lipinski definition) is 2. The number of anilines is 1. The van der Waals surface area contributed by atoms with Crippen molar-refractivity contribution in [3.05, 3.63) is 41.2 Å². The molecule has 0 unspecified atom stereocenters. The van der Waals surface area contributed by atoms with Gasteiger partial charge in [0, 0.05) is 12.2 Å². The predicted molar refractivity (Wildman–Crippen MR) is 108 cm³/mol. The van der Waals surface area contributed by atoms with Crippen LogP contribution in [0.5, 0.6) is 0 Å². The zero-order valence-electron chi connectivity index (χ0n) is 15.9. The zero-order chi connectivity index (χ0) is 21.7. The molecule has 2 N–H and O–H groups in total. The Kier molecular flexibility index (Phi) is 7.13. The fourth-order valence-electron chi connectivity index (χ4n) is 2.62. The van der Waals surface area contributed by atoms with Gasteiger partial charge in [-0.15, -0.1) is 0 Å². The number of ether oxygens (including phenoxy) is 1. The van der Waals surface area contributed by atoms with Crippen molar-refractivity contribution in [1.29, 1.82) is 0 Å². The number of nitrogens with one attached hydrogen (secondary N) is 1. The number of nitrogens with zero attached hydrogens (tertiary/aromatic N) is 2. The van der Waals surface area contributed by atoms with E-state index in [1.165, 1.54) is 24.3 Å². The van der Waals surface area contributed by atoms with Gasteiger partial charge in [-0.3, -0.25) is 10.1 Å². The molecule has 30 heavy (non-hydrogen) atoms. The minimum atomic E-state index is -3.56. The van der Waals surface area contributed by atoms with Gasteiger partial charge >= 0.3 is 0 Å². The van der Waals surface area contributed by atoms with Crippen molar-refractivity contribution in [3.63, 3.8) is 0 Å². The van der Waals surface area contributed by atoms with Crippen LogP contribution < -0.4 is 5.32 Å². The van der Waals surface area contributed by atoms with Crippen LogP contribution in [0.2, 0.25) is 0 Å². The number of carbonyl (C=O) groups excluding carboxylic acids is 1. The number of thiazole rings is 1. The first kappa shape index (κ1) is 22.3. The van der Waals surface area contributed by atoms with Crippen molar-refractivity contribution in [3.8, 4) is 0 Å². The number of benzene rings is 1. The third kappa shape index (κ3) is 5.19. The van der Waals surface area contributed by atoms with Gasteiger partial charge in [-0.05, 0) is 25.5 Å². The van der Waals surface area contributed by atoms with Crippen LogP contribution in [0.1, 0.15) is 18.9 Å². The SMILES string of the molecule is C[C@H](CO)O/N=C(/C(=O)Nc1ncc(F)s1)c1ccc(S(=O)(=O)[C@H]2CCOC2)cc1. The smallest absolute Gasteiger partial charge is 0.280 e. The molecular formula is C18H20FN3O6S2.